The quantitative estimate of drug-likeness (QED) is 0.489. The molecule has 0 aromatic heterocycles. The summed E-state index contributed by atoms with van der Waals surface area (Å²) < 4.78 is 12.5. The molecule has 0 bridgehead atoms. The zero-order valence-corrected chi connectivity index (χ0v) is 10.1. The average Bonchev–Trinajstić information content (AvgIpc) is 1.80. The van der Waals surface area contributed by atoms with E-state index < -0.39 is 0 Å². The van der Waals surface area contributed by atoms with Crippen molar-refractivity contribution in [1.82, 2.24) is 0 Å². The number of rotatable bonds is 0. The second-order valence-electron chi connectivity index (χ2n) is 2.08. The number of halogens is 2. The Morgan fingerprint density at radius 2 is 1.91 bits per heavy atom. The van der Waals surface area contributed by atoms with Crippen LogP contribution < -0.4 is 12.4 Å². The molecule has 1 rings (SSSR count). The fraction of sp³-hybridized carbons (Fsp3) is 0.125. The van der Waals surface area contributed by atoms with Gasteiger partial charge in [0.1, 0.15) is 5.83 Å². The predicted octanol–water partition coefficient (Wildman–Crippen LogP) is -0.438. The van der Waals surface area contributed by atoms with E-state index in [9.17, 15) is 4.39 Å². The van der Waals surface area contributed by atoms with E-state index in [4.69, 9.17) is 0 Å². The van der Waals surface area contributed by atoms with Crippen LogP contribution in [0.1, 0.15) is 6.92 Å². The van der Waals surface area contributed by atoms with Crippen molar-refractivity contribution < 1.29 is 36.3 Å². The number of allylic oxidation sites excluding steroid dienone is 5. The molecule has 0 saturated carbocycles. The maximum absolute atomic E-state index is 12.5. The zero-order chi connectivity index (χ0) is 6.85. The van der Waals surface area contributed by atoms with E-state index >= 15 is 0 Å². The van der Waals surface area contributed by atoms with Crippen LogP contribution in [0.5, 0.6) is 0 Å². The van der Waals surface area contributed by atoms with Gasteiger partial charge in [-0.1, -0.05) is 18.7 Å². The molecule has 0 nitrogen and oxygen atoms in total. The van der Waals surface area contributed by atoms with E-state index in [1.165, 1.54) is 6.08 Å². The van der Waals surface area contributed by atoms with Crippen molar-refractivity contribution in [2.75, 3.05) is 0 Å². The Balaban J connectivity index is 0. The van der Waals surface area contributed by atoms with Gasteiger partial charge in [0.15, 0.2) is 0 Å². The second-order valence-corrected chi connectivity index (χ2v) is 2.08. The fourth-order valence-electron chi connectivity index (χ4n) is 0.636. The summed E-state index contributed by atoms with van der Waals surface area (Å²) in [4.78, 5) is 0. The topological polar surface area (TPSA) is 0 Å². The van der Waals surface area contributed by atoms with Crippen molar-refractivity contribution in [2.45, 2.75) is 6.92 Å². The normalized spacial score (nSPS) is 16.5. The molecular weight excluding hydrogens is 216 g/mol. The Morgan fingerprint density at radius 1 is 1.36 bits per heavy atom. The molecule has 11 heavy (non-hydrogen) atoms. The minimum atomic E-state index is -0.178. The van der Waals surface area contributed by atoms with Crippen molar-refractivity contribution in [2.24, 2.45) is 0 Å². The summed E-state index contributed by atoms with van der Waals surface area (Å²) in [5.74, 6) is 0.491. The summed E-state index contributed by atoms with van der Waals surface area (Å²) in [7, 11) is 0. The minimum absolute atomic E-state index is 0. The Morgan fingerprint density at radius 3 is 2.27 bits per heavy atom. The summed E-state index contributed by atoms with van der Waals surface area (Å²) in [5, 5.41) is 0. The van der Waals surface area contributed by atoms with Crippen LogP contribution in [0, 0.1) is 5.92 Å². The Bertz CT molecular complexity index is 196. The predicted molar refractivity (Wildman–Crippen MR) is 36.4 cm³/mol. The van der Waals surface area contributed by atoms with Crippen molar-refractivity contribution in [3.8, 4) is 0 Å². The molecule has 0 saturated heterocycles. The first kappa shape index (κ1) is 13.6. The standard InChI is InChI=1S/C8H8F.ClH.Zn/c1-6-3-4-7(2)8(9)5-6;;/h3-5H,1H2,2H3;1H;/p-1. The maximum atomic E-state index is 12.5. The summed E-state index contributed by atoms with van der Waals surface area (Å²) in [6.45, 7) is 5.31. The van der Waals surface area contributed by atoms with Gasteiger partial charge in [-0.25, -0.2) is 4.39 Å². The van der Waals surface area contributed by atoms with Crippen LogP contribution in [0.2, 0.25) is 0 Å². The molecule has 0 spiro atoms. The van der Waals surface area contributed by atoms with E-state index in [2.05, 4.69) is 6.58 Å². The molecule has 0 unspecified atom stereocenters. The molecule has 0 fully saturated rings. The van der Waals surface area contributed by atoms with Crippen LogP contribution in [0.3, 0.4) is 0 Å². The zero-order valence-electron chi connectivity index (χ0n) is 6.40. The summed E-state index contributed by atoms with van der Waals surface area (Å²) in [6.07, 6.45) is 4.94. The Hall–Kier alpha value is 0.0634. The number of hydrogen-bond donors (Lipinski definition) is 0. The van der Waals surface area contributed by atoms with Crippen LogP contribution in [0.25, 0.3) is 0 Å². The van der Waals surface area contributed by atoms with Crippen LogP contribution in [-0.2, 0) is 19.5 Å². The smallest absolute Gasteiger partial charge is 0.111 e. The van der Waals surface area contributed by atoms with Gasteiger partial charge in [0.05, 0.1) is 5.92 Å². The average molecular weight is 224 g/mol. The summed E-state index contributed by atoms with van der Waals surface area (Å²) >= 11 is 0. The van der Waals surface area contributed by atoms with Gasteiger partial charge in [-0.3, -0.25) is 0 Å². The maximum Gasteiger partial charge on any atom is 0.111 e. The molecule has 0 N–H and O–H groups in total. The van der Waals surface area contributed by atoms with E-state index in [1.54, 1.807) is 19.1 Å². The monoisotopic (exact) mass is 222 g/mol. The van der Waals surface area contributed by atoms with E-state index in [0.29, 0.717) is 5.92 Å². The summed E-state index contributed by atoms with van der Waals surface area (Å²) in [5.41, 5.74) is 0.720. The van der Waals surface area contributed by atoms with Gasteiger partial charge in [0.25, 0.3) is 0 Å². The molecule has 1 radical (unpaired) electrons. The number of hydrogen-bond acceptors (Lipinski definition) is 0. The van der Waals surface area contributed by atoms with Crippen molar-refractivity contribution in [3.05, 3.63) is 42.1 Å². The molecule has 0 aromatic rings. The molecule has 1 aliphatic rings. The van der Waals surface area contributed by atoms with Crippen LogP contribution in [0.15, 0.2) is 36.2 Å². The molecule has 0 aromatic carbocycles. The molecule has 57 valence electrons. The van der Waals surface area contributed by atoms with Gasteiger partial charge in [0, 0.05) is 19.5 Å². The summed E-state index contributed by atoms with van der Waals surface area (Å²) in [6, 6.07) is 0. The fourth-order valence-corrected chi connectivity index (χ4v) is 0.636. The van der Waals surface area contributed by atoms with E-state index in [0.717, 1.165) is 5.57 Å². The molecule has 1 aliphatic carbocycles. The van der Waals surface area contributed by atoms with E-state index in [-0.39, 0.29) is 37.7 Å². The Kier molecular flexibility index (Phi) is 7.04. The molecule has 0 heterocycles. The SMILES string of the molecule is C=C1C=C[C](C)C(F)=C1.[Cl-].[Zn]. The molecule has 0 amide bonds. The van der Waals surface area contributed by atoms with Gasteiger partial charge in [-0.2, -0.15) is 0 Å². The minimum Gasteiger partial charge on any atom is -1.00 e. The third-order valence-electron chi connectivity index (χ3n) is 1.24. The van der Waals surface area contributed by atoms with Gasteiger partial charge < -0.3 is 12.4 Å². The third kappa shape index (κ3) is 3.83. The molecule has 3 heteroatoms. The van der Waals surface area contributed by atoms with Crippen molar-refractivity contribution in [3.63, 3.8) is 0 Å². The largest absolute Gasteiger partial charge is 1.00 e. The van der Waals surface area contributed by atoms with Crippen LogP contribution in [-0.4, -0.2) is 0 Å². The molecule has 0 aliphatic heterocycles. The first-order valence-electron chi connectivity index (χ1n) is 2.78. The molecular formula is C8H8ClFZn-. The van der Waals surface area contributed by atoms with Gasteiger partial charge >= 0.3 is 0 Å². The third-order valence-corrected chi connectivity index (χ3v) is 1.24. The molecule has 0 atom stereocenters. The van der Waals surface area contributed by atoms with Gasteiger partial charge in [-0.15, -0.1) is 0 Å². The van der Waals surface area contributed by atoms with E-state index in [1.807, 2.05) is 0 Å². The first-order chi connectivity index (χ1) is 4.20. The first-order valence-corrected chi connectivity index (χ1v) is 2.78. The van der Waals surface area contributed by atoms with Gasteiger partial charge in [0.2, 0.25) is 0 Å². The Labute approximate surface area is 85.4 Å². The van der Waals surface area contributed by atoms with Crippen molar-refractivity contribution >= 4 is 0 Å². The van der Waals surface area contributed by atoms with Crippen molar-refractivity contribution in [1.29, 1.82) is 0 Å². The van der Waals surface area contributed by atoms with Crippen LogP contribution in [0.4, 0.5) is 4.39 Å². The van der Waals surface area contributed by atoms with Crippen LogP contribution >= 0.6 is 0 Å². The second kappa shape index (κ2) is 5.68. The van der Waals surface area contributed by atoms with Gasteiger partial charge in [-0.05, 0) is 18.6 Å².